The summed E-state index contributed by atoms with van der Waals surface area (Å²) in [6.45, 7) is 6.99. The van der Waals surface area contributed by atoms with Gasteiger partial charge in [-0.3, -0.25) is 4.79 Å². The Bertz CT molecular complexity index is 415. The van der Waals surface area contributed by atoms with Gasteiger partial charge in [-0.05, 0) is 51.4 Å². The van der Waals surface area contributed by atoms with E-state index in [2.05, 4.69) is 0 Å². The van der Waals surface area contributed by atoms with E-state index in [1.807, 2.05) is 20.8 Å². The lowest BCUT2D eigenvalue weighted by atomic mass is 9.74. The van der Waals surface area contributed by atoms with Crippen LogP contribution in [0.25, 0.3) is 0 Å². The Labute approximate surface area is 139 Å². The number of carboxylic acid groups (broad SMARTS) is 1. The van der Waals surface area contributed by atoms with E-state index in [1.54, 1.807) is 4.90 Å². The molecule has 0 unspecified atom stereocenters. The van der Waals surface area contributed by atoms with Crippen LogP contribution < -0.4 is 0 Å². The first kappa shape index (κ1) is 18.1. The van der Waals surface area contributed by atoms with Crippen molar-refractivity contribution in [2.75, 3.05) is 13.1 Å². The minimum absolute atomic E-state index is 0.244. The molecule has 2 aliphatic rings. The average molecular weight is 325 g/mol. The molecule has 0 aromatic rings. The molecule has 1 saturated heterocycles. The molecule has 23 heavy (non-hydrogen) atoms. The first-order valence-electron chi connectivity index (χ1n) is 8.96. The second kappa shape index (κ2) is 7.54. The molecule has 5 heteroatoms. The molecule has 2 fully saturated rings. The molecule has 5 nitrogen and oxygen atoms in total. The fraction of sp³-hybridized carbons (Fsp3) is 0.889. The second-order valence-corrected chi connectivity index (χ2v) is 8.11. The van der Waals surface area contributed by atoms with Crippen LogP contribution in [-0.2, 0) is 9.53 Å². The summed E-state index contributed by atoms with van der Waals surface area (Å²) in [5.41, 5.74) is -0.469. The maximum absolute atomic E-state index is 12.1. The maximum atomic E-state index is 12.1. The summed E-state index contributed by atoms with van der Waals surface area (Å²) in [5, 5.41) is 9.26. The van der Waals surface area contributed by atoms with Crippen LogP contribution in [-0.4, -0.2) is 40.8 Å². The molecule has 1 amide bonds. The highest BCUT2D eigenvalue weighted by Gasteiger charge is 2.36. The molecule has 0 spiro atoms. The van der Waals surface area contributed by atoms with Gasteiger partial charge in [0.05, 0.1) is 0 Å². The Hall–Kier alpha value is -1.26. The Morgan fingerprint density at radius 3 is 2.09 bits per heavy atom. The van der Waals surface area contributed by atoms with Gasteiger partial charge in [-0.1, -0.05) is 25.7 Å². The van der Waals surface area contributed by atoms with E-state index >= 15 is 0 Å². The molecule has 0 bridgehead atoms. The predicted octanol–water partition coefficient (Wildman–Crippen LogP) is 3.91. The highest BCUT2D eigenvalue weighted by Crippen LogP contribution is 2.40. The predicted molar refractivity (Wildman–Crippen MR) is 88.2 cm³/mol. The number of hydrogen-bond acceptors (Lipinski definition) is 3. The molecule has 1 N–H and O–H groups in total. The molecule has 0 aromatic heterocycles. The number of likely N-dealkylation sites (tertiary alicyclic amines) is 1. The smallest absolute Gasteiger partial charge is 0.410 e. The van der Waals surface area contributed by atoms with Crippen molar-refractivity contribution >= 4 is 12.1 Å². The summed E-state index contributed by atoms with van der Waals surface area (Å²) < 4.78 is 5.43. The molecule has 132 valence electrons. The summed E-state index contributed by atoms with van der Waals surface area (Å²) in [6, 6.07) is 0. The summed E-state index contributed by atoms with van der Waals surface area (Å²) in [6.07, 6.45) is 6.64. The molecule has 0 aromatic carbocycles. The third-order valence-electron chi connectivity index (χ3n) is 5.21. The van der Waals surface area contributed by atoms with Gasteiger partial charge < -0.3 is 14.7 Å². The second-order valence-electron chi connectivity index (χ2n) is 8.11. The SMILES string of the molecule is CC(C)(C)OC(=O)N1CCC([C@@H](CC(=O)O)C2CCCC2)CC1. The van der Waals surface area contributed by atoms with Gasteiger partial charge in [0.1, 0.15) is 5.60 Å². The average Bonchev–Trinajstić information content (AvgIpc) is 2.97. The van der Waals surface area contributed by atoms with Crippen LogP contribution in [0.1, 0.15) is 65.7 Å². The number of rotatable bonds is 4. The summed E-state index contributed by atoms with van der Waals surface area (Å²) in [5.74, 6) is 0.573. The number of carbonyl (C=O) groups excluding carboxylic acids is 1. The lowest BCUT2D eigenvalue weighted by Crippen LogP contribution is -2.43. The summed E-state index contributed by atoms with van der Waals surface area (Å²) in [4.78, 5) is 25.2. The molecule has 1 aliphatic carbocycles. The van der Waals surface area contributed by atoms with Crippen molar-refractivity contribution in [1.82, 2.24) is 4.90 Å². The number of aliphatic carboxylic acids is 1. The van der Waals surface area contributed by atoms with Crippen LogP contribution in [0.15, 0.2) is 0 Å². The van der Waals surface area contributed by atoms with Crippen molar-refractivity contribution in [2.24, 2.45) is 17.8 Å². The van der Waals surface area contributed by atoms with Crippen molar-refractivity contribution in [3.63, 3.8) is 0 Å². The Morgan fingerprint density at radius 2 is 1.61 bits per heavy atom. The van der Waals surface area contributed by atoms with Crippen LogP contribution in [0, 0.1) is 17.8 Å². The van der Waals surface area contributed by atoms with E-state index < -0.39 is 11.6 Å². The van der Waals surface area contributed by atoms with Gasteiger partial charge in [0.25, 0.3) is 0 Å². The zero-order valence-electron chi connectivity index (χ0n) is 14.7. The van der Waals surface area contributed by atoms with E-state index in [0.717, 1.165) is 12.8 Å². The Balaban J connectivity index is 1.90. The van der Waals surface area contributed by atoms with E-state index in [1.165, 1.54) is 25.7 Å². The quantitative estimate of drug-likeness (QED) is 0.851. The number of carboxylic acids is 1. The van der Waals surface area contributed by atoms with Crippen molar-refractivity contribution in [3.05, 3.63) is 0 Å². The third-order valence-corrected chi connectivity index (χ3v) is 5.21. The molecule has 1 atom stereocenters. The largest absolute Gasteiger partial charge is 0.481 e. The van der Waals surface area contributed by atoms with Crippen molar-refractivity contribution in [3.8, 4) is 0 Å². The first-order valence-corrected chi connectivity index (χ1v) is 8.96. The first-order chi connectivity index (χ1) is 10.8. The lowest BCUT2D eigenvalue weighted by Gasteiger charge is -2.38. The lowest BCUT2D eigenvalue weighted by molar-refractivity contribution is -0.139. The number of piperidine rings is 1. The van der Waals surface area contributed by atoms with Crippen LogP contribution >= 0.6 is 0 Å². The van der Waals surface area contributed by atoms with E-state index in [9.17, 15) is 14.7 Å². The van der Waals surface area contributed by atoms with Crippen LogP contribution in [0.3, 0.4) is 0 Å². The summed E-state index contributed by atoms with van der Waals surface area (Å²) >= 11 is 0. The molecule has 2 rings (SSSR count). The van der Waals surface area contributed by atoms with Gasteiger partial charge in [0.15, 0.2) is 0 Å². The molecule has 0 radical (unpaired) electrons. The molecule has 1 aliphatic heterocycles. The van der Waals surface area contributed by atoms with E-state index in [0.29, 0.717) is 24.9 Å². The highest BCUT2D eigenvalue weighted by molar-refractivity contribution is 5.68. The fourth-order valence-electron chi connectivity index (χ4n) is 4.14. The van der Waals surface area contributed by atoms with Gasteiger partial charge in [0, 0.05) is 19.5 Å². The molecular formula is C18H31NO4. The van der Waals surface area contributed by atoms with Crippen LogP contribution in [0.4, 0.5) is 4.79 Å². The van der Waals surface area contributed by atoms with E-state index in [-0.39, 0.29) is 18.4 Å². The third kappa shape index (κ3) is 5.40. The van der Waals surface area contributed by atoms with Crippen molar-refractivity contribution in [2.45, 2.75) is 71.3 Å². The number of amides is 1. The Morgan fingerprint density at radius 1 is 1.09 bits per heavy atom. The Kier molecular flexibility index (Phi) is 5.93. The number of carbonyl (C=O) groups is 2. The van der Waals surface area contributed by atoms with Gasteiger partial charge in [0.2, 0.25) is 0 Å². The zero-order chi connectivity index (χ0) is 17.0. The molecule has 1 heterocycles. The van der Waals surface area contributed by atoms with Gasteiger partial charge in [-0.15, -0.1) is 0 Å². The monoisotopic (exact) mass is 325 g/mol. The molecular weight excluding hydrogens is 294 g/mol. The fourth-order valence-corrected chi connectivity index (χ4v) is 4.14. The normalized spacial score (nSPS) is 22.1. The minimum Gasteiger partial charge on any atom is -0.481 e. The maximum Gasteiger partial charge on any atom is 0.410 e. The minimum atomic E-state index is -0.684. The van der Waals surface area contributed by atoms with Crippen LogP contribution in [0.5, 0.6) is 0 Å². The summed E-state index contributed by atoms with van der Waals surface area (Å²) in [7, 11) is 0. The van der Waals surface area contributed by atoms with Crippen molar-refractivity contribution in [1.29, 1.82) is 0 Å². The number of hydrogen-bond donors (Lipinski definition) is 1. The molecule has 1 saturated carbocycles. The zero-order valence-corrected chi connectivity index (χ0v) is 14.7. The van der Waals surface area contributed by atoms with Gasteiger partial charge in [-0.25, -0.2) is 4.79 Å². The number of ether oxygens (including phenoxy) is 1. The topological polar surface area (TPSA) is 66.8 Å². The van der Waals surface area contributed by atoms with Crippen LogP contribution in [0.2, 0.25) is 0 Å². The van der Waals surface area contributed by atoms with E-state index in [4.69, 9.17) is 4.74 Å². The van der Waals surface area contributed by atoms with Gasteiger partial charge in [-0.2, -0.15) is 0 Å². The van der Waals surface area contributed by atoms with Gasteiger partial charge >= 0.3 is 12.1 Å². The highest BCUT2D eigenvalue weighted by atomic mass is 16.6. The standard InChI is InChI=1S/C18H31NO4/c1-18(2,3)23-17(22)19-10-8-14(9-11-19)15(12-16(20)21)13-6-4-5-7-13/h13-15H,4-12H2,1-3H3,(H,20,21)/t15-/m0/s1. The number of nitrogens with zero attached hydrogens (tertiary/aromatic N) is 1. The van der Waals surface area contributed by atoms with Crippen molar-refractivity contribution < 1.29 is 19.4 Å².